The maximum absolute atomic E-state index is 13.8. The number of halogens is 1. The quantitative estimate of drug-likeness (QED) is 0.730. The molecule has 7 rings (SSSR count). The van der Waals surface area contributed by atoms with Crippen LogP contribution in [0.3, 0.4) is 0 Å². The molecule has 0 unspecified atom stereocenters. The molecule has 0 aliphatic carbocycles. The van der Waals surface area contributed by atoms with E-state index in [1.54, 1.807) is 12.1 Å². The third kappa shape index (κ3) is 1.82. The Morgan fingerprint density at radius 2 is 2.00 bits per heavy atom. The highest BCUT2D eigenvalue weighted by Crippen LogP contribution is 2.53. The number of fused-ring (bicyclic) bond motifs is 5. The van der Waals surface area contributed by atoms with Crippen molar-refractivity contribution < 1.29 is 4.39 Å². The van der Waals surface area contributed by atoms with E-state index in [0.717, 1.165) is 55.5 Å². The second kappa shape index (κ2) is 5.15. The molecule has 1 atom stereocenters. The molecule has 3 saturated heterocycles. The minimum absolute atomic E-state index is 0.0278. The summed E-state index contributed by atoms with van der Waals surface area (Å²) in [6, 6.07) is 11.4. The monoisotopic (exact) mass is 348 g/mol. The van der Waals surface area contributed by atoms with Gasteiger partial charge in [-0.3, -0.25) is 14.8 Å². The second-order valence-corrected chi connectivity index (χ2v) is 7.81. The largest absolute Gasteiger partial charge is 0.357 e. The maximum Gasteiger partial charge on any atom is 0.123 e. The Balaban J connectivity index is 1.54. The standard InChI is InChI=1S/C21H21FN4/c22-14-4-5-17-16(13-14)15-6-10-26-20(18-3-1-2-9-23-18)25-11-7-21(26,8-12-25)19(15)24-17/h1-5,9,13,20,24H,6-8,10-12H2/t20-/m1/s1. The van der Waals surface area contributed by atoms with Gasteiger partial charge in [-0.25, -0.2) is 4.39 Å². The van der Waals surface area contributed by atoms with Crippen LogP contribution in [0.15, 0.2) is 42.6 Å². The number of hydrogen-bond donors (Lipinski definition) is 1. The average Bonchev–Trinajstić information content (AvgIpc) is 3.07. The lowest BCUT2D eigenvalue weighted by Crippen LogP contribution is -2.66. The van der Waals surface area contributed by atoms with Gasteiger partial charge in [0.2, 0.25) is 0 Å². The zero-order valence-electron chi connectivity index (χ0n) is 14.6. The Labute approximate surface area is 151 Å². The molecule has 3 aromatic rings. The van der Waals surface area contributed by atoms with Crippen LogP contribution < -0.4 is 0 Å². The molecule has 26 heavy (non-hydrogen) atoms. The molecule has 132 valence electrons. The fraction of sp³-hybridized carbons (Fsp3) is 0.381. The molecular formula is C21H21FN4. The topological polar surface area (TPSA) is 35.2 Å². The van der Waals surface area contributed by atoms with Crippen LogP contribution >= 0.6 is 0 Å². The predicted octanol–water partition coefficient (Wildman–Crippen LogP) is 3.56. The van der Waals surface area contributed by atoms with Gasteiger partial charge in [0.1, 0.15) is 12.0 Å². The number of H-pyrrole nitrogens is 1. The number of nitrogens with one attached hydrogen (secondary N) is 1. The summed E-state index contributed by atoms with van der Waals surface area (Å²) >= 11 is 0. The Morgan fingerprint density at radius 1 is 1.12 bits per heavy atom. The number of pyridine rings is 1. The summed E-state index contributed by atoms with van der Waals surface area (Å²) in [4.78, 5) is 13.6. The molecule has 1 N–H and O–H groups in total. The molecule has 0 saturated carbocycles. The molecule has 5 heteroatoms. The van der Waals surface area contributed by atoms with Crippen LogP contribution in [0.5, 0.6) is 0 Å². The van der Waals surface area contributed by atoms with Gasteiger partial charge in [-0.05, 0) is 55.2 Å². The molecule has 0 amide bonds. The van der Waals surface area contributed by atoms with Gasteiger partial charge in [-0.15, -0.1) is 0 Å². The first-order valence-electron chi connectivity index (χ1n) is 9.49. The number of hydrogen-bond acceptors (Lipinski definition) is 3. The van der Waals surface area contributed by atoms with Crippen LogP contribution in [0.4, 0.5) is 4.39 Å². The van der Waals surface area contributed by atoms with Crippen LogP contribution in [0, 0.1) is 5.82 Å². The van der Waals surface area contributed by atoms with Gasteiger partial charge in [0.05, 0.1) is 11.2 Å². The predicted molar refractivity (Wildman–Crippen MR) is 98.1 cm³/mol. The highest BCUT2D eigenvalue weighted by Gasteiger charge is 2.55. The van der Waals surface area contributed by atoms with Gasteiger partial charge < -0.3 is 4.98 Å². The van der Waals surface area contributed by atoms with E-state index in [0.29, 0.717) is 0 Å². The first kappa shape index (κ1) is 14.9. The van der Waals surface area contributed by atoms with Crippen molar-refractivity contribution in [3.63, 3.8) is 0 Å². The van der Waals surface area contributed by atoms with E-state index in [2.05, 4.69) is 31.9 Å². The fourth-order valence-corrected chi connectivity index (χ4v) is 5.57. The van der Waals surface area contributed by atoms with Crippen LogP contribution in [0.1, 0.15) is 36.0 Å². The van der Waals surface area contributed by atoms with Crippen molar-refractivity contribution >= 4 is 10.9 Å². The summed E-state index contributed by atoms with van der Waals surface area (Å²) in [6.07, 6.45) is 5.34. The van der Waals surface area contributed by atoms with Crippen LogP contribution in [-0.4, -0.2) is 39.4 Å². The third-order valence-electron chi connectivity index (χ3n) is 6.70. The number of aromatic amines is 1. The molecule has 2 aromatic heterocycles. The van der Waals surface area contributed by atoms with Crippen molar-refractivity contribution in [2.24, 2.45) is 0 Å². The van der Waals surface area contributed by atoms with Gasteiger partial charge in [0.25, 0.3) is 0 Å². The second-order valence-electron chi connectivity index (χ2n) is 7.81. The molecule has 2 bridgehead atoms. The van der Waals surface area contributed by atoms with E-state index in [1.807, 2.05) is 18.3 Å². The molecule has 4 aliphatic heterocycles. The Morgan fingerprint density at radius 3 is 2.81 bits per heavy atom. The molecule has 4 nitrogen and oxygen atoms in total. The van der Waals surface area contributed by atoms with Crippen molar-refractivity contribution in [1.82, 2.24) is 19.8 Å². The molecule has 3 fully saturated rings. The zero-order chi connectivity index (χ0) is 17.3. The van der Waals surface area contributed by atoms with Crippen molar-refractivity contribution in [2.45, 2.75) is 31.0 Å². The number of benzene rings is 1. The highest BCUT2D eigenvalue weighted by atomic mass is 19.1. The number of piperidine rings is 1. The molecule has 1 aromatic carbocycles. The van der Waals surface area contributed by atoms with E-state index in [4.69, 9.17) is 0 Å². The van der Waals surface area contributed by atoms with Gasteiger partial charge in [0.15, 0.2) is 0 Å². The van der Waals surface area contributed by atoms with Crippen LogP contribution in [0.2, 0.25) is 0 Å². The van der Waals surface area contributed by atoms with Crippen molar-refractivity contribution in [3.8, 4) is 0 Å². The number of nitrogens with zero attached hydrogens (tertiary/aromatic N) is 3. The molecule has 0 radical (unpaired) electrons. The van der Waals surface area contributed by atoms with E-state index in [1.165, 1.54) is 11.3 Å². The van der Waals surface area contributed by atoms with Crippen LogP contribution in [-0.2, 0) is 12.0 Å². The van der Waals surface area contributed by atoms with Crippen LogP contribution in [0.25, 0.3) is 10.9 Å². The summed E-state index contributed by atoms with van der Waals surface area (Å²) in [7, 11) is 0. The molecular weight excluding hydrogens is 327 g/mol. The molecule has 4 aliphatic rings. The fourth-order valence-electron chi connectivity index (χ4n) is 5.57. The van der Waals surface area contributed by atoms with Crippen molar-refractivity contribution in [3.05, 3.63) is 65.4 Å². The maximum atomic E-state index is 13.8. The Hall–Kier alpha value is -2.24. The van der Waals surface area contributed by atoms with Crippen molar-refractivity contribution in [1.29, 1.82) is 0 Å². The first-order chi connectivity index (χ1) is 12.8. The SMILES string of the molecule is Fc1ccc2[nH]c3c(c2c1)CCN1[C@H](c2ccccn2)N2CCC31CC2. The minimum atomic E-state index is -0.149. The summed E-state index contributed by atoms with van der Waals surface area (Å²) < 4.78 is 13.8. The Bertz CT molecular complexity index is 988. The summed E-state index contributed by atoms with van der Waals surface area (Å²) in [5.41, 5.74) is 4.88. The van der Waals surface area contributed by atoms with E-state index in [9.17, 15) is 4.39 Å². The lowest BCUT2D eigenvalue weighted by atomic mass is 9.74. The summed E-state index contributed by atoms with van der Waals surface area (Å²) in [6.45, 7) is 3.16. The van der Waals surface area contributed by atoms with E-state index in [-0.39, 0.29) is 17.5 Å². The lowest BCUT2D eigenvalue weighted by molar-refractivity contribution is -0.150. The van der Waals surface area contributed by atoms with Gasteiger partial charge in [-0.2, -0.15) is 0 Å². The van der Waals surface area contributed by atoms with Crippen molar-refractivity contribution in [2.75, 3.05) is 19.6 Å². The summed E-state index contributed by atoms with van der Waals surface area (Å²) in [5.74, 6) is -0.149. The van der Waals surface area contributed by atoms with E-state index >= 15 is 0 Å². The normalized spacial score (nSPS) is 30.3. The molecule has 6 heterocycles. The minimum Gasteiger partial charge on any atom is -0.357 e. The highest BCUT2D eigenvalue weighted by molar-refractivity contribution is 5.85. The lowest BCUT2D eigenvalue weighted by Gasteiger charge is -2.61. The smallest absolute Gasteiger partial charge is 0.123 e. The van der Waals surface area contributed by atoms with Gasteiger partial charge in [0, 0.05) is 42.4 Å². The third-order valence-corrected chi connectivity index (χ3v) is 6.70. The number of rotatable bonds is 1. The summed E-state index contributed by atoms with van der Waals surface area (Å²) in [5, 5.41) is 1.07. The van der Waals surface area contributed by atoms with Gasteiger partial charge in [-0.1, -0.05) is 6.07 Å². The zero-order valence-corrected chi connectivity index (χ0v) is 14.6. The average molecular weight is 348 g/mol. The molecule has 1 spiro atoms. The first-order valence-corrected chi connectivity index (χ1v) is 9.49. The van der Waals surface area contributed by atoms with Gasteiger partial charge >= 0.3 is 0 Å². The number of aromatic nitrogens is 2. The van der Waals surface area contributed by atoms with E-state index < -0.39 is 0 Å². The Kier molecular flexibility index (Phi) is 2.95.